The van der Waals surface area contributed by atoms with E-state index in [1.54, 1.807) is 4.90 Å². The number of nitro benzene ring substituents is 1. The fraction of sp³-hybridized carbons (Fsp3) is 0.417. The van der Waals surface area contributed by atoms with Gasteiger partial charge in [0.05, 0.1) is 12.0 Å². The van der Waals surface area contributed by atoms with Crippen molar-refractivity contribution in [3.05, 3.63) is 33.3 Å². The van der Waals surface area contributed by atoms with E-state index in [0.29, 0.717) is 10.7 Å². The van der Waals surface area contributed by atoms with E-state index in [4.69, 9.17) is 11.6 Å². The number of carbonyl (C=O) groups is 1. The highest BCUT2D eigenvalue weighted by molar-refractivity contribution is 6.31. The van der Waals surface area contributed by atoms with Gasteiger partial charge < -0.3 is 9.64 Å². The van der Waals surface area contributed by atoms with Crippen LogP contribution >= 0.6 is 11.6 Å². The van der Waals surface area contributed by atoms with Crippen LogP contribution in [0.25, 0.3) is 0 Å². The molecule has 1 rings (SSSR count). The van der Waals surface area contributed by atoms with Gasteiger partial charge in [0.25, 0.3) is 5.69 Å². The number of anilines is 1. The van der Waals surface area contributed by atoms with E-state index in [2.05, 4.69) is 4.74 Å². The van der Waals surface area contributed by atoms with Crippen LogP contribution in [0.5, 0.6) is 0 Å². The lowest BCUT2D eigenvalue weighted by Gasteiger charge is -2.27. The van der Waals surface area contributed by atoms with Gasteiger partial charge in [-0.2, -0.15) is 0 Å². The zero-order chi connectivity index (χ0) is 14.6. The molecule has 19 heavy (non-hydrogen) atoms. The lowest BCUT2D eigenvalue weighted by molar-refractivity contribution is -0.384. The van der Waals surface area contributed by atoms with E-state index >= 15 is 0 Å². The highest BCUT2D eigenvalue weighted by Gasteiger charge is 2.24. The van der Waals surface area contributed by atoms with Gasteiger partial charge in [-0.25, -0.2) is 0 Å². The molecule has 0 atom stereocenters. The second-order valence-corrected chi connectivity index (χ2v) is 4.62. The van der Waals surface area contributed by atoms with Crippen molar-refractivity contribution in [2.24, 2.45) is 0 Å². The Morgan fingerprint density at radius 2 is 2.16 bits per heavy atom. The maximum Gasteiger partial charge on any atom is 0.325 e. The van der Waals surface area contributed by atoms with Gasteiger partial charge in [0, 0.05) is 17.1 Å². The van der Waals surface area contributed by atoms with Crippen LogP contribution < -0.4 is 4.90 Å². The Labute approximate surface area is 116 Å². The third-order valence-electron chi connectivity index (χ3n) is 2.59. The predicted octanol–water partition coefficient (Wildman–Crippen LogP) is 2.64. The number of hydrogen-bond donors (Lipinski definition) is 0. The standard InChI is InChI=1S/C12H15ClN2O4/c1-8(2)14(7-12(16)19-3)11-6-9(13)4-5-10(11)15(17)18/h4-6,8H,7H2,1-3H3. The van der Waals surface area contributed by atoms with E-state index in [1.807, 2.05) is 13.8 Å². The number of nitrogens with zero attached hydrogens (tertiary/aromatic N) is 2. The van der Waals surface area contributed by atoms with E-state index in [0.717, 1.165) is 0 Å². The van der Waals surface area contributed by atoms with Gasteiger partial charge in [-0.05, 0) is 26.0 Å². The molecule has 0 heterocycles. The summed E-state index contributed by atoms with van der Waals surface area (Å²) in [5, 5.41) is 11.4. The fourth-order valence-electron chi connectivity index (χ4n) is 1.63. The monoisotopic (exact) mass is 286 g/mol. The van der Waals surface area contributed by atoms with Crippen LogP contribution in [-0.2, 0) is 9.53 Å². The molecule has 0 aliphatic heterocycles. The van der Waals surface area contributed by atoms with E-state index in [-0.39, 0.29) is 18.3 Å². The molecule has 0 amide bonds. The Bertz CT molecular complexity index is 491. The smallest absolute Gasteiger partial charge is 0.325 e. The molecule has 0 aliphatic rings. The van der Waals surface area contributed by atoms with Crippen molar-refractivity contribution in [2.75, 3.05) is 18.6 Å². The van der Waals surface area contributed by atoms with Crippen LogP contribution in [0, 0.1) is 10.1 Å². The van der Waals surface area contributed by atoms with Crippen LogP contribution in [0.3, 0.4) is 0 Å². The molecule has 0 bridgehead atoms. The number of esters is 1. The Hall–Kier alpha value is -1.82. The molecule has 104 valence electrons. The van der Waals surface area contributed by atoms with Crippen molar-refractivity contribution < 1.29 is 14.5 Å². The number of rotatable bonds is 5. The summed E-state index contributed by atoms with van der Waals surface area (Å²) in [5.74, 6) is -0.469. The van der Waals surface area contributed by atoms with Crippen LogP contribution in [-0.4, -0.2) is 30.6 Å². The largest absolute Gasteiger partial charge is 0.468 e. The van der Waals surface area contributed by atoms with Crippen molar-refractivity contribution in [3.8, 4) is 0 Å². The summed E-state index contributed by atoms with van der Waals surface area (Å²) in [5.41, 5.74) is 0.208. The van der Waals surface area contributed by atoms with Crippen LogP contribution in [0.1, 0.15) is 13.8 Å². The number of methoxy groups -OCH3 is 1. The molecule has 7 heteroatoms. The molecule has 6 nitrogen and oxygen atoms in total. The lowest BCUT2D eigenvalue weighted by Crippen LogP contribution is -2.36. The first kappa shape index (κ1) is 15.2. The average Bonchev–Trinajstić information content (AvgIpc) is 2.34. The van der Waals surface area contributed by atoms with Crippen molar-refractivity contribution >= 4 is 28.9 Å². The molecule has 1 aromatic carbocycles. The molecule has 0 radical (unpaired) electrons. The summed E-state index contributed by atoms with van der Waals surface area (Å²) >= 11 is 5.88. The molecule has 0 spiro atoms. The van der Waals surface area contributed by atoms with Gasteiger partial charge in [-0.1, -0.05) is 11.6 Å². The van der Waals surface area contributed by atoms with Crippen LogP contribution in [0.2, 0.25) is 5.02 Å². The number of nitro groups is 1. The minimum Gasteiger partial charge on any atom is -0.468 e. The van der Waals surface area contributed by atoms with E-state index < -0.39 is 10.9 Å². The van der Waals surface area contributed by atoms with E-state index in [1.165, 1.54) is 25.3 Å². The molecular formula is C12H15ClN2O4. The van der Waals surface area contributed by atoms with Crippen molar-refractivity contribution in [2.45, 2.75) is 19.9 Å². The second-order valence-electron chi connectivity index (χ2n) is 4.19. The van der Waals surface area contributed by atoms with Gasteiger partial charge in [0.15, 0.2) is 0 Å². The fourth-order valence-corrected chi connectivity index (χ4v) is 1.80. The minimum atomic E-state index is -0.502. The summed E-state index contributed by atoms with van der Waals surface area (Å²) in [6.45, 7) is 3.58. The summed E-state index contributed by atoms with van der Waals surface area (Å²) in [4.78, 5) is 23.5. The topological polar surface area (TPSA) is 72.7 Å². The van der Waals surface area contributed by atoms with Gasteiger partial charge in [0.2, 0.25) is 0 Å². The normalized spacial score (nSPS) is 10.4. The van der Waals surface area contributed by atoms with Crippen LogP contribution in [0.15, 0.2) is 18.2 Å². The second kappa shape index (κ2) is 6.38. The third-order valence-corrected chi connectivity index (χ3v) is 2.83. The van der Waals surface area contributed by atoms with Gasteiger partial charge >= 0.3 is 5.97 Å². The highest BCUT2D eigenvalue weighted by Crippen LogP contribution is 2.32. The van der Waals surface area contributed by atoms with Crippen molar-refractivity contribution in [3.63, 3.8) is 0 Å². The maximum atomic E-state index is 11.4. The summed E-state index contributed by atoms with van der Waals surface area (Å²) < 4.78 is 4.60. The van der Waals surface area contributed by atoms with Gasteiger partial charge in [0.1, 0.15) is 12.2 Å². The molecule has 0 aliphatic carbocycles. The van der Waals surface area contributed by atoms with E-state index in [9.17, 15) is 14.9 Å². The SMILES string of the molecule is COC(=O)CN(c1cc(Cl)ccc1[N+](=O)[O-])C(C)C. The maximum absolute atomic E-state index is 11.4. The van der Waals surface area contributed by atoms with Crippen molar-refractivity contribution in [1.29, 1.82) is 0 Å². The molecule has 1 aromatic rings. The quantitative estimate of drug-likeness (QED) is 0.473. The van der Waals surface area contributed by atoms with Gasteiger partial charge in [-0.15, -0.1) is 0 Å². The zero-order valence-corrected chi connectivity index (χ0v) is 11.7. The molecule has 0 N–H and O–H groups in total. The lowest BCUT2D eigenvalue weighted by atomic mass is 10.2. The third kappa shape index (κ3) is 3.82. The Balaban J connectivity index is 3.24. The number of benzene rings is 1. The number of halogens is 1. The Morgan fingerprint density at radius 1 is 1.53 bits per heavy atom. The summed E-state index contributed by atoms with van der Waals surface area (Å²) in [6, 6.07) is 4.13. The number of ether oxygens (including phenoxy) is 1. The van der Waals surface area contributed by atoms with Crippen molar-refractivity contribution in [1.82, 2.24) is 0 Å². The number of hydrogen-bond acceptors (Lipinski definition) is 5. The summed E-state index contributed by atoms with van der Waals surface area (Å²) in [6.07, 6.45) is 0. The molecule has 0 unspecified atom stereocenters. The predicted molar refractivity (Wildman–Crippen MR) is 72.6 cm³/mol. The van der Waals surface area contributed by atoms with Gasteiger partial charge in [-0.3, -0.25) is 14.9 Å². The molecule has 0 saturated heterocycles. The number of carbonyl (C=O) groups excluding carboxylic acids is 1. The summed E-state index contributed by atoms with van der Waals surface area (Å²) in [7, 11) is 1.27. The first-order valence-corrected chi connectivity index (χ1v) is 6.02. The average molecular weight is 287 g/mol. The molecule has 0 saturated carbocycles. The Morgan fingerprint density at radius 3 is 2.63 bits per heavy atom. The molecule has 0 aromatic heterocycles. The first-order valence-electron chi connectivity index (χ1n) is 5.64. The highest BCUT2D eigenvalue weighted by atomic mass is 35.5. The zero-order valence-electron chi connectivity index (χ0n) is 10.9. The Kier molecular flexibility index (Phi) is 5.11. The minimum absolute atomic E-state index is 0.0741. The molecule has 0 fully saturated rings. The van der Waals surface area contributed by atoms with Crippen LogP contribution in [0.4, 0.5) is 11.4 Å². The molecular weight excluding hydrogens is 272 g/mol. The first-order chi connectivity index (χ1) is 8.86.